The quantitative estimate of drug-likeness (QED) is 0.875. The molecular formula is C19H25FN4O. The maximum Gasteiger partial charge on any atom is 0.225 e. The lowest BCUT2D eigenvalue weighted by atomic mass is 9.97. The van der Waals surface area contributed by atoms with Gasteiger partial charge >= 0.3 is 0 Å². The molecule has 1 aromatic carbocycles. The maximum atomic E-state index is 13.1. The third-order valence-corrected chi connectivity index (χ3v) is 5.21. The van der Waals surface area contributed by atoms with Gasteiger partial charge in [-0.1, -0.05) is 12.8 Å². The molecule has 1 heterocycles. The Morgan fingerprint density at radius 1 is 1.28 bits per heavy atom. The number of carbonyl (C=O) groups is 1. The Bertz CT molecular complexity index is 760. The van der Waals surface area contributed by atoms with Crippen molar-refractivity contribution < 1.29 is 9.18 Å². The Balaban J connectivity index is 1.79. The Hall–Kier alpha value is -2.21. The van der Waals surface area contributed by atoms with Crippen molar-refractivity contribution in [2.24, 2.45) is 5.73 Å². The lowest BCUT2D eigenvalue weighted by Gasteiger charge is -2.28. The van der Waals surface area contributed by atoms with E-state index in [1.54, 1.807) is 16.8 Å². The monoisotopic (exact) mass is 344 g/mol. The van der Waals surface area contributed by atoms with Crippen LogP contribution >= 0.6 is 0 Å². The molecule has 0 unspecified atom stereocenters. The van der Waals surface area contributed by atoms with Crippen molar-refractivity contribution in [3.05, 3.63) is 47.0 Å². The summed E-state index contributed by atoms with van der Waals surface area (Å²) in [4.78, 5) is 12.6. The minimum Gasteiger partial charge on any atom is -0.349 e. The van der Waals surface area contributed by atoms with Crippen molar-refractivity contribution in [2.75, 3.05) is 6.54 Å². The Kier molecular flexibility index (Phi) is 4.90. The minimum absolute atomic E-state index is 0.0165. The smallest absolute Gasteiger partial charge is 0.225 e. The number of aromatic nitrogens is 2. The molecule has 1 amide bonds. The number of amides is 1. The van der Waals surface area contributed by atoms with Crippen molar-refractivity contribution in [2.45, 2.75) is 51.5 Å². The second-order valence-corrected chi connectivity index (χ2v) is 6.95. The van der Waals surface area contributed by atoms with Gasteiger partial charge in [-0.05, 0) is 51.0 Å². The van der Waals surface area contributed by atoms with Crippen LogP contribution in [0, 0.1) is 19.7 Å². The zero-order valence-electron chi connectivity index (χ0n) is 14.8. The molecule has 0 spiro atoms. The SMILES string of the molecule is Cc1nn(-c2ccc(F)cc2)c(C)c1CC(=O)NC1(CN)CCCC1. The summed E-state index contributed by atoms with van der Waals surface area (Å²) in [5, 5.41) is 7.67. The van der Waals surface area contributed by atoms with Gasteiger partial charge in [0.2, 0.25) is 5.91 Å². The fourth-order valence-corrected chi connectivity index (χ4v) is 3.70. The van der Waals surface area contributed by atoms with E-state index in [9.17, 15) is 9.18 Å². The largest absolute Gasteiger partial charge is 0.349 e. The first kappa shape index (κ1) is 17.6. The van der Waals surface area contributed by atoms with E-state index in [1.807, 2.05) is 13.8 Å². The van der Waals surface area contributed by atoms with Crippen LogP contribution in [0.15, 0.2) is 24.3 Å². The molecule has 1 fully saturated rings. The zero-order chi connectivity index (χ0) is 18.0. The average molecular weight is 344 g/mol. The summed E-state index contributed by atoms with van der Waals surface area (Å²) in [6.07, 6.45) is 4.39. The number of hydrogen-bond acceptors (Lipinski definition) is 3. The van der Waals surface area contributed by atoms with Gasteiger partial charge in [-0.15, -0.1) is 0 Å². The summed E-state index contributed by atoms with van der Waals surface area (Å²) in [5.74, 6) is -0.300. The molecule has 0 saturated heterocycles. The van der Waals surface area contributed by atoms with Crippen LogP contribution in [0.4, 0.5) is 4.39 Å². The van der Waals surface area contributed by atoms with E-state index in [0.29, 0.717) is 6.54 Å². The Morgan fingerprint density at radius 3 is 2.52 bits per heavy atom. The third kappa shape index (κ3) is 3.58. The molecule has 25 heavy (non-hydrogen) atoms. The van der Waals surface area contributed by atoms with Crippen molar-refractivity contribution in [1.29, 1.82) is 0 Å². The third-order valence-electron chi connectivity index (χ3n) is 5.21. The molecule has 1 aliphatic carbocycles. The highest BCUT2D eigenvalue weighted by molar-refractivity contribution is 5.80. The van der Waals surface area contributed by atoms with E-state index in [1.165, 1.54) is 12.1 Å². The molecule has 0 radical (unpaired) electrons. The van der Waals surface area contributed by atoms with Gasteiger partial charge in [0.25, 0.3) is 0 Å². The summed E-state index contributed by atoms with van der Waals surface area (Å²) < 4.78 is 14.9. The first-order valence-electron chi connectivity index (χ1n) is 8.76. The van der Waals surface area contributed by atoms with Crippen LogP contribution < -0.4 is 11.1 Å². The number of carbonyl (C=O) groups excluding carboxylic acids is 1. The van der Waals surface area contributed by atoms with Crippen molar-refractivity contribution in [3.8, 4) is 5.69 Å². The van der Waals surface area contributed by atoms with Gasteiger partial charge in [0.1, 0.15) is 5.82 Å². The molecule has 3 N–H and O–H groups in total. The summed E-state index contributed by atoms with van der Waals surface area (Å²) in [5.41, 5.74) is 9.05. The highest BCUT2D eigenvalue weighted by Gasteiger charge is 2.34. The Morgan fingerprint density at radius 2 is 1.92 bits per heavy atom. The van der Waals surface area contributed by atoms with Gasteiger partial charge in [-0.3, -0.25) is 4.79 Å². The first-order valence-corrected chi connectivity index (χ1v) is 8.76. The number of nitrogens with zero attached hydrogens (tertiary/aromatic N) is 2. The molecule has 1 saturated carbocycles. The second kappa shape index (κ2) is 6.96. The predicted molar refractivity (Wildman–Crippen MR) is 95.1 cm³/mol. The lowest BCUT2D eigenvalue weighted by Crippen LogP contribution is -2.52. The molecule has 1 aromatic heterocycles. The molecule has 0 atom stereocenters. The van der Waals surface area contributed by atoms with E-state index in [2.05, 4.69) is 10.4 Å². The van der Waals surface area contributed by atoms with Gasteiger partial charge in [-0.2, -0.15) is 5.10 Å². The highest BCUT2D eigenvalue weighted by Crippen LogP contribution is 2.29. The number of nitrogens with two attached hydrogens (primary N) is 1. The number of aryl methyl sites for hydroxylation is 1. The molecule has 0 aliphatic heterocycles. The number of rotatable bonds is 5. The van der Waals surface area contributed by atoms with E-state index in [0.717, 1.165) is 48.3 Å². The number of hydrogen-bond donors (Lipinski definition) is 2. The van der Waals surface area contributed by atoms with E-state index >= 15 is 0 Å². The van der Waals surface area contributed by atoms with Crippen molar-refractivity contribution >= 4 is 5.91 Å². The molecule has 5 nitrogen and oxygen atoms in total. The molecule has 6 heteroatoms. The van der Waals surface area contributed by atoms with E-state index in [-0.39, 0.29) is 23.7 Å². The average Bonchev–Trinajstić information content (AvgIpc) is 3.16. The van der Waals surface area contributed by atoms with Crippen LogP contribution in [-0.2, 0) is 11.2 Å². The lowest BCUT2D eigenvalue weighted by molar-refractivity contribution is -0.122. The number of benzene rings is 1. The minimum atomic E-state index is -0.284. The molecule has 2 aromatic rings. The zero-order valence-corrected chi connectivity index (χ0v) is 14.8. The van der Waals surface area contributed by atoms with Crippen LogP contribution in [0.1, 0.15) is 42.6 Å². The first-order chi connectivity index (χ1) is 11.9. The van der Waals surface area contributed by atoms with Gasteiger partial charge in [0.15, 0.2) is 0 Å². The van der Waals surface area contributed by atoms with E-state index in [4.69, 9.17) is 5.73 Å². The summed E-state index contributed by atoms with van der Waals surface area (Å²) >= 11 is 0. The van der Waals surface area contributed by atoms with E-state index < -0.39 is 0 Å². The normalized spacial score (nSPS) is 16.2. The van der Waals surface area contributed by atoms with Gasteiger partial charge in [-0.25, -0.2) is 9.07 Å². The van der Waals surface area contributed by atoms with Crippen LogP contribution in [0.5, 0.6) is 0 Å². The van der Waals surface area contributed by atoms with Crippen LogP contribution in [-0.4, -0.2) is 27.8 Å². The fraction of sp³-hybridized carbons (Fsp3) is 0.474. The van der Waals surface area contributed by atoms with Gasteiger partial charge < -0.3 is 11.1 Å². The highest BCUT2D eigenvalue weighted by atomic mass is 19.1. The second-order valence-electron chi connectivity index (χ2n) is 6.95. The molecule has 0 bridgehead atoms. The van der Waals surface area contributed by atoms with Crippen molar-refractivity contribution in [1.82, 2.24) is 15.1 Å². The fourth-order valence-electron chi connectivity index (χ4n) is 3.70. The number of nitrogens with one attached hydrogen (secondary N) is 1. The summed E-state index contributed by atoms with van der Waals surface area (Å²) in [6, 6.07) is 6.17. The van der Waals surface area contributed by atoms with Gasteiger partial charge in [0.05, 0.1) is 23.3 Å². The summed E-state index contributed by atoms with van der Waals surface area (Å²) in [7, 11) is 0. The maximum absolute atomic E-state index is 13.1. The van der Waals surface area contributed by atoms with Gasteiger partial charge in [0, 0.05) is 17.8 Å². The standard InChI is InChI=1S/C19H25FN4O/c1-13-17(11-18(25)22-19(12-21)9-3-4-10-19)14(2)24(23-13)16-7-5-15(20)6-8-16/h5-8H,3-4,9-12,21H2,1-2H3,(H,22,25). The Labute approximate surface area is 147 Å². The molecule has 3 rings (SSSR count). The summed E-state index contributed by atoms with van der Waals surface area (Å²) in [6.45, 7) is 4.30. The molecule has 134 valence electrons. The van der Waals surface area contributed by atoms with Crippen molar-refractivity contribution in [3.63, 3.8) is 0 Å². The topological polar surface area (TPSA) is 72.9 Å². The predicted octanol–water partition coefficient (Wildman–Crippen LogP) is 2.56. The molecule has 1 aliphatic rings. The van der Waals surface area contributed by atoms with Crippen LogP contribution in [0.2, 0.25) is 0 Å². The number of halogens is 1. The van der Waals surface area contributed by atoms with Crippen LogP contribution in [0.25, 0.3) is 5.69 Å². The van der Waals surface area contributed by atoms with Crippen LogP contribution in [0.3, 0.4) is 0 Å². The molecular weight excluding hydrogens is 319 g/mol.